The molecule has 19 heavy (non-hydrogen) atoms. The molecule has 100 valence electrons. The van der Waals surface area contributed by atoms with Crippen LogP contribution in [0.3, 0.4) is 0 Å². The summed E-state index contributed by atoms with van der Waals surface area (Å²) in [5.74, 6) is 0.313. The van der Waals surface area contributed by atoms with E-state index in [-0.39, 0.29) is 5.82 Å². The highest BCUT2D eigenvalue weighted by Crippen LogP contribution is 2.21. The molecule has 0 aliphatic rings. The molecule has 0 aliphatic heterocycles. The van der Waals surface area contributed by atoms with E-state index in [9.17, 15) is 4.39 Å². The summed E-state index contributed by atoms with van der Waals surface area (Å²) < 4.78 is 19.6. The molecule has 2 aromatic rings. The van der Waals surface area contributed by atoms with Crippen molar-refractivity contribution in [3.8, 4) is 5.75 Å². The lowest BCUT2D eigenvalue weighted by Crippen LogP contribution is -2.12. The Morgan fingerprint density at radius 2 is 2.00 bits per heavy atom. The minimum Gasteiger partial charge on any atom is -0.491 e. The van der Waals surface area contributed by atoms with E-state index >= 15 is 0 Å². The fraction of sp³-hybridized carbons (Fsp3) is 0.200. The van der Waals surface area contributed by atoms with E-state index in [2.05, 4.69) is 21.2 Å². The lowest BCUT2D eigenvalue weighted by Gasteiger charge is -2.11. The molecule has 4 heteroatoms. The standard InChI is InChI=1S/C15H15BrFNO/c1-11-6-7-12(17)10-15(11)19-9-8-18-14-5-3-2-4-13(14)16/h2-7,10,18H,8-9H2,1H3. The van der Waals surface area contributed by atoms with Crippen LogP contribution >= 0.6 is 15.9 Å². The average molecular weight is 324 g/mol. The van der Waals surface area contributed by atoms with Crippen LogP contribution in [0.4, 0.5) is 10.1 Å². The van der Waals surface area contributed by atoms with Gasteiger partial charge >= 0.3 is 0 Å². The Morgan fingerprint density at radius 3 is 2.79 bits per heavy atom. The quantitative estimate of drug-likeness (QED) is 0.824. The van der Waals surface area contributed by atoms with Gasteiger partial charge in [0.2, 0.25) is 0 Å². The summed E-state index contributed by atoms with van der Waals surface area (Å²) in [5, 5.41) is 3.25. The maximum Gasteiger partial charge on any atom is 0.126 e. The van der Waals surface area contributed by atoms with Crippen molar-refractivity contribution < 1.29 is 9.13 Å². The number of aryl methyl sites for hydroxylation is 1. The number of benzene rings is 2. The predicted molar refractivity (Wildman–Crippen MR) is 79.3 cm³/mol. The van der Waals surface area contributed by atoms with Crippen molar-refractivity contribution in [2.45, 2.75) is 6.92 Å². The second-order valence-corrected chi connectivity index (χ2v) is 5.02. The minimum absolute atomic E-state index is 0.278. The fourth-order valence-electron chi connectivity index (χ4n) is 1.68. The topological polar surface area (TPSA) is 21.3 Å². The van der Waals surface area contributed by atoms with Crippen LogP contribution in [0.5, 0.6) is 5.75 Å². The summed E-state index contributed by atoms with van der Waals surface area (Å²) >= 11 is 3.46. The fourth-order valence-corrected chi connectivity index (χ4v) is 2.11. The van der Waals surface area contributed by atoms with E-state index in [4.69, 9.17) is 4.74 Å². The van der Waals surface area contributed by atoms with Crippen LogP contribution in [0.15, 0.2) is 46.9 Å². The van der Waals surface area contributed by atoms with Gasteiger partial charge in [0.25, 0.3) is 0 Å². The smallest absolute Gasteiger partial charge is 0.126 e. The van der Waals surface area contributed by atoms with Gasteiger partial charge in [0.05, 0.1) is 0 Å². The van der Waals surface area contributed by atoms with Crippen LogP contribution in [-0.4, -0.2) is 13.2 Å². The third-order valence-corrected chi connectivity index (χ3v) is 3.39. The first-order chi connectivity index (χ1) is 9.16. The maximum absolute atomic E-state index is 13.1. The van der Waals surface area contributed by atoms with Crippen molar-refractivity contribution in [1.29, 1.82) is 0 Å². The van der Waals surface area contributed by atoms with Crippen molar-refractivity contribution in [3.05, 3.63) is 58.3 Å². The minimum atomic E-state index is -0.278. The van der Waals surface area contributed by atoms with Gasteiger partial charge in [0.1, 0.15) is 18.2 Å². The second kappa shape index (κ2) is 6.57. The van der Waals surface area contributed by atoms with Gasteiger partial charge in [-0.3, -0.25) is 0 Å². The third-order valence-electron chi connectivity index (χ3n) is 2.70. The Labute approximate surface area is 120 Å². The lowest BCUT2D eigenvalue weighted by molar-refractivity contribution is 0.328. The van der Waals surface area contributed by atoms with Gasteiger partial charge in [0, 0.05) is 22.8 Å². The van der Waals surface area contributed by atoms with Crippen molar-refractivity contribution in [2.24, 2.45) is 0 Å². The number of rotatable bonds is 5. The van der Waals surface area contributed by atoms with Gasteiger partial charge < -0.3 is 10.1 Å². The van der Waals surface area contributed by atoms with Crippen LogP contribution in [0, 0.1) is 12.7 Å². The van der Waals surface area contributed by atoms with Crippen LogP contribution in [0.1, 0.15) is 5.56 Å². The van der Waals surface area contributed by atoms with Crippen LogP contribution in [0.25, 0.3) is 0 Å². The highest BCUT2D eigenvalue weighted by molar-refractivity contribution is 9.10. The number of hydrogen-bond donors (Lipinski definition) is 1. The first-order valence-electron chi connectivity index (χ1n) is 6.04. The monoisotopic (exact) mass is 323 g/mol. The van der Waals surface area contributed by atoms with Crippen molar-refractivity contribution in [1.82, 2.24) is 0 Å². The first-order valence-corrected chi connectivity index (χ1v) is 6.83. The number of anilines is 1. The molecule has 0 spiro atoms. The molecule has 0 aliphatic carbocycles. The SMILES string of the molecule is Cc1ccc(F)cc1OCCNc1ccccc1Br. The van der Waals surface area contributed by atoms with Crippen LogP contribution in [-0.2, 0) is 0 Å². The molecule has 0 saturated carbocycles. The molecule has 0 aromatic heterocycles. The molecule has 0 radical (unpaired) electrons. The Kier molecular flexibility index (Phi) is 4.80. The predicted octanol–water partition coefficient (Wildman–Crippen LogP) is 4.39. The molecule has 0 heterocycles. The first kappa shape index (κ1) is 13.9. The molecule has 2 rings (SSSR count). The normalized spacial score (nSPS) is 10.3. The largest absolute Gasteiger partial charge is 0.491 e. The molecule has 2 aromatic carbocycles. The molecular weight excluding hydrogens is 309 g/mol. The van der Waals surface area contributed by atoms with Crippen molar-refractivity contribution in [3.63, 3.8) is 0 Å². The van der Waals surface area contributed by atoms with Crippen LogP contribution in [0.2, 0.25) is 0 Å². The molecule has 1 N–H and O–H groups in total. The van der Waals surface area contributed by atoms with Crippen LogP contribution < -0.4 is 10.1 Å². The molecule has 0 unspecified atom stereocenters. The van der Waals surface area contributed by atoms with Gasteiger partial charge in [0.15, 0.2) is 0 Å². The Balaban J connectivity index is 1.84. The molecule has 0 amide bonds. The Morgan fingerprint density at radius 1 is 1.21 bits per heavy atom. The number of hydrogen-bond acceptors (Lipinski definition) is 2. The number of nitrogens with one attached hydrogen (secondary N) is 1. The zero-order valence-electron chi connectivity index (χ0n) is 10.6. The Bertz CT molecular complexity index is 560. The van der Waals surface area contributed by atoms with Gasteiger partial charge in [-0.2, -0.15) is 0 Å². The average Bonchev–Trinajstić information content (AvgIpc) is 2.40. The van der Waals surface area contributed by atoms with E-state index in [0.717, 1.165) is 15.7 Å². The summed E-state index contributed by atoms with van der Waals surface area (Å²) in [4.78, 5) is 0. The van der Waals surface area contributed by atoms with Crippen molar-refractivity contribution in [2.75, 3.05) is 18.5 Å². The van der Waals surface area contributed by atoms with E-state index in [1.54, 1.807) is 6.07 Å². The third kappa shape index (κ3) is 3.96. The highest BCUT2D eigenvalue weighted by Gasteiger charge is 2.02. The maximum atomic E-state index is 13.1. The molecule has 0 atom stereocenters. The summed E-state index contributed by atoms with van der Waals surface area (Å²) in [6.45, 7) is 3.03. The van der Waals surface area contributed by atoms with Gasteiger partial charge in [-0.1, -0.05) is 18.2 Å². The second-order valence-electron chi connectivity index (χ2n) is 4.16. The Hall–Kier alpha value is -1.55. The number of halogens is 2. The molecule has 0 bridgehead atoms. The molecule has 0 saturated heterocycles. The zero-order chi connectivity index (χ0) is 13.7. The summed E-state index contributed by atoms with van der Waals surface area (Å²) in [5.41, 5.74) is 1.95. The highest BCUT2D eigenvalue weighted by atomic mass is 79.9. The zero-order valence-corrected chi connectivity index (χ0v) is 12.2. The van der Waals surface area contributed by atoms with Gasteiger partial charge in [-0.15, -0.1) is 0 Å². The van der Waals surface area contributed by atoms with Crippen molar-refractivity contribution >= 4 is 21.6 Å². The van der Waals surface area contributed by atoms with Gasteiger partial charge in [-0.05, 0) is 46.6 Å². The number of ether oxygens (including phenoxy) is 1. The summed E-state index contributed by atoms with van der Waals surface area (Å²) in [6.07, 6.45) is 0. The van der Waals surface area contributed by atoms with E-state index in [0.29, 0.717) is 18.9 Å². The molecule has 2 nitrogen and oxygen atoms in total. The molecular formula is C15H15BrFNO. The molecule has 0 fully saturated rings. The summed E-state index contributed by atoms with van der Waals surface area (Å²) in [7, 11) is 0. The number of para-hydroxylation sites is 1. The summed E-state index contributed by atoms with van der Waals surface area (Å²) in [6, 6.07) is 12.4. The van der Waals surface area contributed by atoms with Gasteiger partial charge in [-0.25, -0.2) is 4.39 Å². The van der Waals surface area contributed by atoms with E-state index in [1.807, 2.05) is 31.2 Å². The van der Waals surface area contributed by atoms with E-state index in [1.165, 1.54) is 12.1 Å². The van der Waals surface area contributed by atoms with E-state index < -0.39 is 0 Å². The lowest BCUT2D eigenvalue weighted by atomic mass is 10.2.